The highest BCUT2D eigenvalue weighted by atomic mass is 16.5. The zero-order valence-corrected chi connectivity index (χ0v) is 11.0. The second-order valence-electron chi connectivity index (χ2n) is 4.05. The zero-order chi connectivity index (χ0) is 14.2. The molecule has 0 saturated heterocycles. The average molecular weight is 262 g/mol. The van der Waals surface area contributed by atoms with Crippen molar-refractivity contribution in [3.8, 4) is 11.8 Å². The van der Waals surface area contributed by atoms with Gasteiger partial charge in [-0.25, -0.2) is 0 Å². The molecule has 0 fully saturated rings. The Morgan fingerprint density at radius 1 is 1.25 bits per heavy atom. The molecule has 20 heavy (non-hydrogen) atoms. The van der Waals surface area contributed by atoms with E-state index in [0.29, 0.717) is 17.9 Å². The van der Waals surface area contributed by atoms with Crippen LogP contribution in [-0.4, -0.2) is 11.6 Å². The van der Waals surface area contributed by atoms with Crippen molar-refractivity contribution in [1.29, 1.82) is 5.26 Å². The summed E-state index contributed by atoms with van der Waals surface area (Å²) in [7, 11) is 0. The van der Waals surface area contributed by atoms with Crippen LogP contribution < -0.4 is 4.74 Å². The van der Waals surface area contributed by atoms with Gasteiger partial charge in [0.05, 0.1) is 11.3 Å². The summed E-state index contributed by atoms with van der Waals surface area (Å²) in [5, 5.41) is 9.22. The maximum absolute atomic E-state index is 9.22. The second kappa shape index (κ2) is 6.91. The van der Waals surface area contributed by atoms with E-state index in [-0.39, 0.29) is 0 Å². The molecule has 0 radical (unpaired) electrons. The third-order valence-electron chi connectivity index (χ3n) is 2.62. The molecule has 0 spiro atoms. The van der Waals surface area contributed by atoms with Crippen LogP contribution in [0.15, 0.2) is 61.3 Å². The molecule has 0 N–H and O–H groups in total. The van der Waals surface area contributed by atoms with Gasteiger partial charge in [-0.05, 0) is 35.9 Å². The first-order valence-electron chi connectivity index (χ1n) is 6.20. The van der Waals surface area contributed by atoms with Crippen LogP contribution >= 0.6 is 0 Å². The summed E-state index contributed by atoms with van der Waals surface area (Å²) in [5.74, 6) is 0.776. The van der Waals surface area contributed by atoms with Crippen LogP contribution in [0.1, 0.15) is 11.3 Å². The minimum absolute atomic E-state index is 0.479. The third kappa shape index (κ3) is 3.56. The lowest BCUT2D eigenvalue weighted by atomic mass is 10.1. The van der Waals surface area contributed by atoms with Crippen LogP contribution in [0.5, 0.6) is 5.75 Å². The van der Waals surface area contributed by atoms with Gasteiger partial charge in [0.1, 0.15) is 18.4 Å². The van der Waals surface area contributed by atoms with Gasteiger partial charge in [-0.15, -0.1) is 0 Å². The number of hydrogen-bond donors (Lipinski definition) is 0. The molecule has 0 saturated carbocycles. The Kier molecular flexibility index (Phi) is 4.69. The van der Waals surface area contributed by atoms with Crippen LogP contribution in [0.25, 0.3) is 11.6 Å². The number of rotatable bonds is 5. The Labute approximate surface area is 118 Å². The van der Waals surface area contributed by atoms with Crippen LogP contribution in [-0.2, 0) is 0 Å². The lowest BCUT2D eigenvalue weighted by Gasteiger charge is -2.03. The van der Waals surface area contributed by atoms with E-state index in [0.717, 1.165) is 11.3 Å². The van der Waals surface area contributed by atoms with Gasteiger partial charge in [-0.3, -0.25) is 4.98 Å². The Hall–Kier alpha value is -2.86. The number of hydrogen-bond acceptors (Lipinski definition) is 3. The fraction of sp³-hybridized carbons (Fsp3) is 0.0588. The summed E-state index contributed by atoms with van der Waals surface area (Å²) >= 11 is 0. The number of aromatic nitrogens is 1. The van der Waals surface area contributed by atoms with Crippen molar-refractivity contribution in [2.45, 2.75) is 0 Å². The molecule has 3 nitrogen and oxygen atoms in total. The van der Waals surface area contributed by atoms with Crippen molar-refractivity contribution < 1.29 is 4.74 Å². The molecule has 0 bridgehead atoms. The molecule has 0 aliphatic rings. The van der Waals surface area contributed by atoms with Crippen molar-refractivity contribution in [3.05, 3.63) is 72.6 Å². The predicted octanol–water partition coefficient (Wildman–Crippen LogP) is 3.71. The number of benzene rings is 1. The minimum Gasteiger partial charge on any atom is -0.490 e. The van der Waals surface area contributed by atoms with E-state index in [1.54, 1.807) is 18.3 Å². The van der Waals surface area contributed by atoms with E-state index in [1.807, 2.05) is 42.5 Å². The van der Waals surface area contributed by atoms with Crippen LogP contribution in [0.4, 0.5) is 0 Å². The minimum atomic E-state index is 0.479. The van der Waals surface area contributed by atoms with Crippen LogP contribution in [0, 0.1) is 11.3 Å². The number of nitriles is 1. The highest BCUT2D eigenvalue weighted by Gasteiger charge is 2.01. The summed E-state index contributed by atoms with van der Waals surface area (Å²) in [6.07, 6.45) is 5.18. The van der Waals surface area contributed by atoms with E-state index in [1.165, 1.54) is 0 Å². The van der Waals surface area contributed by atoms with Crippen LogP contribution in [0.3, 0.4) is 0 Å². The molecule has 2 aromatic rings. The van der Waals surface area contributed by atoms with E-state index in [9.17, 15) is 5.26 Å². The highest BCUT2D eigenvalue weighted by molar-refractivity contribution is 5.88. The van der Waals surface area contributed by atoms with E-state index >= 15 is 0 Å². The smallest absolute Gasteiger partial charge is 0.119 e. The van der Waals surface area contributed by atoms with Gasteiger partial charge in [0.25, 0.3) is 0 Å². The van der Waals surface area contributed by atoms with Gasteiger partial charge in [0, 0.05) is 6.20 Å². The lowest BCUT2D eigenvalue weighted by molar-refractivity contribution is 0.363. The number of nitrogens with zero attached hydrogens (tertiary/aromatic N) is 2. The lowest BCUT2D eigenvalue weighted by Crippen LogP contribution is -1.92. The zero-order valence-electron chi connectivity index (χ0n) is 11.0. The van der Waals surface area contributed by atoms with Gasteiger partial charge in [-0.2, -0.15) is 5.26 Å². The van der Waals surface area contributed by atoms with Crippen molar-refractivity contribution in [2.24, 2.45) is 0 Å². The summed E-state index contributed by atoms with van der Waals surface area (Å²) in [5.41, 5.74) is 2.13. The topological polar surface area (TPSA) is 45.9 Å². The van der Waals surface area contributed by atoms with Crippen molar-refractivity contribution in [3.63, 3.8) is 0 Å². The molecule has 98 valence electrons. The van der Waals surface area contributed by atoms with E-state index in [2.05, 4.69) is 17.6 Å². The van der Waals surface area contributed by atoms with Crippen molar-refractivity contribution >= 4 is 11.6 Å². The first-order valence-corrected chi connectivity index (χ1v) is 6.20. The van der Waals surface area contributed by atoms with Gasteiger partial charge in [0.15, 0.2) is 0 Å². The second-order valence-corrected chi connectivity index (χ2v) is 4.05. The molecule has 1 aromatic carbocycles. The normalized spacial score (nSPS) is 10.7. The van der Waals surface area contributed by atoms with Crippen molar-refractivity contribution in [2.75, 3.05) is 6.61 Å². The van der Waals surface area contributed by atoms with Crippen molar-refractivity contribution in [1.82, 2.24) is 4.98 Å². The molecule has 0 aliphatic heterocycles. The highest BCUT2D eigenvalue weighted by Crippen LogP contribution is 2.18. The standard InChI is InChI=1S/C17H14N2O/c1-2-11-20-16-8-6-14(7-9-16)12-15(13-18)17-5-3-4-10-19-17/h2-10,12H,1,11H2/b15-12+. The molecule has 3 heteroatoms. The largest absolute Gasteiger partial charge is 0.490 e. The SMILES string of the molecule is C=CCOc1ccc(/C=C(\C#N)c2ccccn2)cc1. The van der Waals surface area contributed by atoms with Gasteiger partial charge >= 0.3 is 0 Å². The number of ether oxygens (including phenoxy) is 1. The predicted molar refractivity (Wildman–Crippen MR) is 79.9 cm³/mol. The number of pyridine rings is 1. The molecule has 1 aromatic heterocycles. The molecule has 1 heterocycles. The first kappa shape index (κ1) is 13.6. The van der Waals surface area contributed by atoms with E-state index < -0.39 is 0 Å². The van der Waals surface area contributed by atoms with Crippen LogP contribution in [0.2, 0.25) is 0 Å². The summed E-state index contributed by atoms with van der Waals surface area (Å²) in [4.78, 5) is 4.18. The average Bonchev–Trinajstić information content (AvgIpc) is 2.52. The monoisotopic (exact) mass is 262 g/mol. The molecule has 0 amide bonds. The molecule has 2 rings (SSSR count). The molecule has 0 atom stereocenters. The summed E-state index contributed by atoms with van der Waals surface area (Å²) < 4.78 is 5.41. The quantitative estimate of drug-likeness (QED) is 0.609. The Bertz CT molecular complexity index is 637. The summed E-state index contributed by atoms with van der Waals surface area (Å²) in [6, 6.07) is 15.2. The molecular formula is C17H14N2O. The Balaban J connectivity index is 2.21. The molecular weight excluding hydrogens is 248 g/mol. The third-order valence-corrected chi connectivity index (χ3v) is 2.62. The maximum atomic E-state index is 9.22. The first-order chi connectivity index (χ1) is 9.83. The Morgan fingerprint density at radius 2 is 2.05 bits per heavy atom. The van der Waals surface area contributed by atoms with Gasteiger partial charge < -0.3 is 4.74 Å². The molecule has 0 unspecified atom stereocenters. The molecule has 0 aliphatic carbocycles. The van der Waals surface area contributed by atoms with Gasteiger partial charge in [0.2, 0.25) is 0 Å². The summed E-state index contributed by atoms with van der Waals surface area (Å²) in [6.45, 7) is 4.08. The fourth-order valence-corrected chi connectivity index (χ4v) is 1.67. The fourth-order valence-electron chi connectivity index (χ4n) is 1.67. The Morgan fingerprint density at radius 3 is 2.65 bits per heavy atom. The number of allylic oxidation sites excluding steroid dienone is 1. The van der Waals surface area contributed by atoms with Gasteiger partial charge in [-0.1, -0.05) is 30.9 Å². The van der Waals surface area contributed by atoms with E-state index in [4.69, 9.17) is 4.74 Å². The maximum Gasteiger partial charge on any atom is 0.119 e.